The van der Waals surface area contributed by atoms with Gasteiger partial charge in [-0.1, -0.05) is 45.9 Å². The molecule has 1 aromatic rings. The molecular formula is C17H27N3O2S. The Morgan fingerprint density at radius 1 is 1.48 bits per heavy atom. The topological polar surface area (TPSA) is 55.2 Å². The normalized spacial score (nSPS) is 17.7. The van der Waals surface area contributed by atoms with E-state index in [1.165, 1.54) is 11.8 Å². The van der Waals surface area contributed by atoms with Crippen LogP contribution in [-0.4, -0.2) is 39.7 Å². The number of unbranched alkanes of at least 4 members (excludes halogenated alkanes) is 1. The fraction of sp³-hybridized carbons (Fsp3) is 0.706. The lowest BCUT2D eigenvalue weighted by atomic mass is 9.92. The summed E-state index contributed by atoms with van der Waals surface area (Å²) < 4.78 is 1.65. The van der Waals surface area contributed by atoms with Gasteiger partial charge in [0, 0.05) is 37.4 Å². The zero-order valence-electron chi connectivity index (χ0n) is 14.8. The van der Waals surface area contributed by atoms with Gasteiger partial charge in [-0.2, -0.15) is 0 Å². The third-order valence-corrected chi connectivity index (χ3v) is 5.27. The molecule has 0 aromatic carbocycles. The van der Waals surface area contributed by atoms with Gasteiger partial charge >= 0.3 is 0 Å². The number of carbonyl (C=O) groups excluding carboxylic acids is 1. The highest BCUT2D eigenvalue weighted by Crippen LogP contribution is 2.28. The second-order valence-electron chi connectivity index (χ2n) is 7.24. The summed E-state index contributed by atoms with van der Waals surface area (Å²) in [6.45, 7) is 9.48. The maximum absolute atomic E-state index is 12.5. The molecule has 0 aliphatic carbocycles. The summed E-state index contributed by atoms with van der Waals surface area (Å²) in [7, 11) is 1.85. The number of amides is 1. The monoisotopic (exact) mass is 337 g/mol. The molecule has 0 saturated heterocycles. The molecular weight excluding hydrogens is 310 g/mol. The van der Waals surface area contributed by atoms with Crippen LogP contribution < -0.4 is 5.56 Å². The molecule has 1 amide bonds. The van der Waals surface area contributed by atoms with Crippen molar-refractivity contribution in [3.05, 3.63) is 22.1 Å². The average molecular weight is 337 g/mol. The van der Waals surface area contributed by atoms with E-state index in [-0.39, 0.29) is 22.8 Å². The highest BCUT2D eigenvalue weighted by Gasteiger charge is 2.30. The van der Waals surface area contributed by atoms with Crippen LogP contribution in [0.2, 0.25) is 0 Å². The van der Waals surface area contributed by atoms with Crippen LogP contribution in [-0.2, 0) is 16.8 Å². The first-order valence-corrected chi connectivity index (χ1v) is 9.22. The molecule has 23 heavy (non-hydrogen) atoms. The summed E-state index contributed by atoms with van der Waals surface area (Å²) in [4.78, 5) is 31.4. The SMILES string of the molecule is CCCCN(C)C(=O)C1CSc2nc(C(C)(C)C)cc(=O)n2C1. The van der Waals surface area contributed by atoms with Crippen molar-refractivity contribution in [2.45, 2.75) is 57.7 Å². The Hall–Kier alpha value is -1.30. The Morgan fingerprint density at radius 3 is 2.78 bits per heavy atom. The molecule has 1 aliphatic heterocycles. The van der Waals surface area contributed by atoms with Crippen LogP contribution in [0.4, 0.5) is 0 Å². The number of thioether (sulfide) groups is 1. The molecule has 1 aliphatic rings. The van der Waals surface area contributed by atoms with E-state index in [1.807, 2.05) is 27.8 Å². The number of nitrogens with zero attached hydrogens (tertiary/aromatic N) is 3. The van der Waals surface area contributed by atoms with E-state index in [2.05, 4.69) is 11.9 Å². The van der Waals surface area contributed by atoms with E-state index in [4.69, 9.17) is 0 Å². The third-order valence-electron chi connectivity index (χ3n) is 4.13. The summed E-state index contributed by atoms with van der Waals surface area (Å²) in [6.07, 6.45) is 2.08. The van der Waals surface area contributed by atoms with Crippen LogP contribution >= 0.6 is 11.8 Å². The second-order valence-corrected chi connectivity index (χ2v) is 8.23. The Morgan fingerprint density at radius 2 is 2.17 bits per heavy atom. The molecule has 0 spiro atoms. The molecule has 1 aromatic heterocycles. The van der Waals surface area contributed by atoms with Crippen molar-refractivity contribution in [1.29, 1.82) is 0 Å². The van der Waals surface area contributed by atoms with Gasteiger partial charge < -0.3 is 4.90 Å². The van der Waals surface area contributed by atoms with Gasteiger partial charge in [-0.3, -0.25) is 14.2 Å². The molecule has 6 heteroatoms. The number of fused-ring (bicyclic) bond motifs is 1. The van der Waals surface area contributed by atoms with Gasteiger partial charge in [0.1, 0.15) is 0 Å². The van der Waals surface area contributed by atoms with Crippen molar-refractivity contribution in [3.63, 3.8) is 0 Å². The highest BCUT2D eigenvalue weighted by molar-refractivity contribution is 7.99. The van der Waals surface area contributed by atoms with E-state index in [1.54, 1.807) is 15.5 Å². The van der Waals surface area contributed by atoms with Crippen molar-refractivity contribution in [1.82, 2.24) is 14.5 Å². The van der Waals surface area contributed by atoms with Crippen LogP contribution in [0.5, 0.6) is 0 Å². The van der Waals surface area contributed by atoms with E-state index < -0.39 is 0 Å². The lowest BCUT2D eigenvalue weighted by Gasteiger charge is -2.29. The van der Waals surface area contributed by atoms with Gasteiger partial charge in [-0.25, -0.2) is 4.98 Å². The van der Waals surface area contributed by atoms with E-state index in [0.29, 0.717) is 12.3 Å². The molecule has 0 radical (unpaired) electrons. The molecule has 128 valence electrons. The maximum atomic E-state index is 12.5. The summed E-state index contributed by atoms with van der Waals surface area (Å²) >= 11 is 1.52. The Balaban J connectivity index is 2.19. The summed E-state index contributed by atoms with van der Waals surface area (Å²) in [5.74, 6) is 0.674. The van der Waals surface area contributed by atoms with Gasteiger partial charge in [0.05, 0.1) is 11.6 Å². The van der Waals surface area contributed by atoms with Crippen molar-refractivity contribution >= 4 is 17.7 Å². The number of hydrogen-bond donors (Lipinski definition) is 0. The predicted molar refractivity (Wildman–Crippen MR) is 94.0 cm³/mol. The standard InChI is InChI=1S/C17H27N3O2S/c1-6-7-8-19(5)15(22)12-10-20-14(21)9-13(17(2,3)4)18-16(20)23-11-12/h9,12H,6-8,10-11H2,1-5H3. The Kier molecular flexibility index (Phi) is 5.55. The van der Waals surface area contributed by atoms with E-state index in [9.17, 15) is 9.59 Å². The summed E-state index contributed by atoms with van der Waals surface area (Å²) in [6, 6.07) is 1.61. The first-order valence-electron chi connectivity index (χ1n) is 8.24. The average Bonchev–Trinajstić information content (AvgIpc) is 2.50. The Bertz CT molecular complexity index is 634. The summed E-state index contributed by atoms with van der Waals surface area (Å²) in [5, 5.41) is 0.739. The largest absolute Gasteiger partial charge is 0.345 e. The minimum atomic E-state index is -0.150. The molecule has 0 bridgehead atoms. The second kappa shape index (κ2) is 7.07. The molecule has 0 N–H and O–H groups in total. The lowest BCUT2D eigenvalue weighted by Crippen LogP contribution is -2.41. The van der Waals surface area contributed by atoms with Crippen molar-refractivity contribution in [3.8, 4) is 0 Å². The summed E-state index contributed by atoms with van der Waals surface area (Å²) in [5.41, 5.74) is 0.606. The number of hydrogen-bond acceptors (Lipinski definition) is 4. The predicted octanol–water partition coefficient (Wildman–Crippen LogP) is 2.52. The zero-order valence-corrected chi connectivity index (χ0v) is 15.6. The smallest absolute Gasteiger partial charge is 0.254 e. The van der Waals surface area contributed by atoms with Gasteiger partial charge in [0.15, 0.2) is 5.16 Å². The first-order chi connectivity index (χ1) is 10.7. The van der Waals surface area contributed by atoms with Crippen LogP contribution in [0.3, 0.4) is 0 Å². The van der Waals surface area contributed by atoms with Crippen molar-refractivity contribution in [2.75, 3.05) is 19.3 Å². The van der Waals surface area contributed by atoms with Crippen LogP contribution in [0.25, 0.3) is 0 Å². The fourth-order valence-corrected chi connectivity index (χ4v) is 3.64. The minimum absolute atomic E-state index is 0.0545. The molecule has 0 saturated carbocycles. The zero-order chi connectivity index (χ0) is 17.2. The van der Waals surface area contributed by atoms with Gasteiger partial charge in [0.25, 0.3) is 5.56 Å². The quantitative estimate of drug-likeness (QED) is 0.792. The molecule has 0 fully saturated rings. The fourth-order valence-electron chi connectivity index (χ4n) is 2.56. The van der Waals surface area contributed by atoms with E-state index in [0.717, 1.165) is 30.2 Å². The van der Waals surface area contributed by atoms with Crippen LogP contribution in [0, 0.1) is 5.92 Å². The van der Waals surface area contributed by atoms with E-state index >= 15 is 0 Å². The maximum Gasteiger partial charge on any atom is 0.254 e. The molecule has 2 rings (SSSR count). The van der Waals surface area contributed by atoms with Crippen molar-refractivity contribution in [2.24, 2.45) is 5.92 Å². The number of carbonyl (C=O) groups is 1. The van der Waals surface area contributed by atoms with Gasteiger partial charge in [0.2, 0.25) is 5.91 Å². The van der Waals surface area contributed by atoms with Gasteiger partial charge in [-0.05, 0) is 6.42 Å². The molecule has 5 nitrogen and oxygen atoms in total. The van der Waals surface area contributed by atoms with Crippen LogP contribution in [0.15, 0.2) is 16.0 Å². The first kappa shape index (κ1) is 18.0. The van der Waals surface area contributed by atoms with Gasteiger partial charge in [-0.15, -0.1) is 0 Å². The molecule has 2 heterocycles. The van der Waals surface area contributed by atoms with Crippen molar-refractivity contribution < 1.29 is 4.79 Å². The third kappa shape index (κ3) is 4.16. The lowest BCUT2D eigenvalue weighted by molar-refractivity contribution is -0.134. The molecule has 1 unspecified atom stereocenters. The number of aromatic nitrogens is 2. The Labute approximate surface area is 142 Å². The highest BCUT2D eigenvalue weighted by atomic mass is 32.2. The van der Waals surface area contributed by atoms with Crippen LogP contribution in [0.1, 0.15) is 46.2 Å². The number of rotatable bonds is 4. The molecule has 1 atom stereocenters. The minimum Gasteiger partial charge on any atom is -0.345 e.